The van der Waals surface area contributed by atoms with Crippen LogP contribution >= 0.6 is 11.6 Å². The molecule has 0 saturated carbocycles. The van der Waals surface area contributed by atoms with Crippen LogP contribution in [0.15, 0.2) is 36.7 Å². The smallest absolute Gasteiger partial charge is 0.222 e. The lowest BCUT2D eigenvalue weighted by Crippen LogP contribution is -1.95. The quantitative estimate of drug-likeness (QED) is 0.731. The predicted molar refractivity (Wildman–Crippen MR) is 74.9 cm³/mol. The van der Waals surface area contributed by atoms with E-state index < -0.39 is 0 Å². The molecule has 0 radical (unpaired) electrons. The highest BCUT2D eigenvalue weighted by Crippen LogP contribution is 2.31. The van der Waals surface area contributed by atoms with Gasteiger partial charge in [-0.2, -0.15) is 0 Å². The van der Waals surface area contributed by atoms with Crippen LogP contribution in [0.1, 0.15) is 5.56 Å². The summed E-state index contributed by atoms with van der Waals surface area (Å²) in [5, 5.41) is 10.7. The molecule has 0 aliphatic rings. The number of halogens is 1. The minimum Gasteiger partial charge on any atom is -0.392 e. The third-order valence-electron chi connectivity index (χ3n) is 3.16. The van der Waals surface area contributed by atoms with Crippen LogP contribution in [0.3, 0.4) is 0 Å². The lowest BCUT2D eigenvalue weighted by atomic mass is 10.1. The number of aliphatic hydroxyl groups excluding tert-OH is 1. The molecule has 4 nitrogen and oxygen atoms in total. The Morgan fingerprint density at radius 3 is 2.89 bits per heavy atom. The van der Waals surface area contributed by atoms with Crippen LogP contribution in [-0.4, -0.2) is 19.6 Å². The predicted octanol–water partition coefficient (Wildman–Crippen LogP) is 2.78. The van der Waals surface area contributed by atoms with E-state index in [9.17, 15) is 5.11 Å². The summed E-state index contributed by atoms with van der Waals surface area (Å²) in [5.41, 5.74) is 3.41. The van der Waals surface area contributed by atoms with E-state index in [-0.39, 0.29) is 11.9 Å². The zero-order valence-electron chi connectivity index (χ0n) is 10.3. The standard InChI is InChI=1S/C14H12ClN3O/c1-18-7-11(10-4-2-3-5-12(10)18)13-9(8-19)6-16-14(15)17-13/h2-7,19H,8H2,1H3. The Morgan fingerprint density at radius 2 is 2.11 bits per heavy atom. The van der Waals surface area contributed by atoms with Gasteiger partial charge in [0.25, 0.3) is 0 Å². The molecule has 19 heavy (non-hydrogen) atoms. The fourth-order valence-corrected chi connectivity index (χ4v) is 2.40. The molecule has 0 unspecified atom stereocenters. The molecule has 0 bridgehead atoms. The van der Waals surface area contributed by atoms with Crippen LogP contribution in [0, 0.1) is 0 Å². The van der Waals surface area contributed by atoms with Gasteiger partial charge in [0.1, 0.15) is 0 Å². The van der Waals surface area contributed by atoms with Crippen LogP contribution in [0.4, 0.5) is 0 Å². The fraction of sp³-hybridized carbons (Fsp3) is 0.143. The summed E-state index contributed by atoms with van der Waals surface area (Å²) < 4.78 is 2.03. The van der Waals surface area contributed by atoms with Crippen molar-refractivity contribution in [1.82, 2.24) is 14.5 Å². The molecular weight excluding hydrogens is 262 g/mol. The number of para-hydroxylation sites is 1. The number of nitrogens with zero attached hydrogens (tertiary/aromatic N) is 3. The van der Waals surface area contributed by atoms with Crippen molar-refractivity contribution in [2.24, 2.45) is 7.05 Å². The Labute approximate surface area is 115 Å². The number of hydrogen-bond donors (Lipinski definition) is 1. The monoisotopic (exact) mass is 273 g/mol. The highest BCUT2D eigenvalue weighted by molar-refractivity contribution is 6.28. The van der Waals surface area contributed by atoms with Crippen molar-refractivity contribution < 1.29 is 5.11 Å². The fourth-order valence-electron chi connectivity index (χ4n) is 2.26. The summed E-state index contributed by atoms with van der Waals surface area (Å²) in [5.74, 6) is 0. The average Bonchev–Trinajstić information content (AvgIpc) is 2.77. The van der Waals surface area contributed by atoms with Crippen LogP contribution in [0.25, 0.3) is 22.2 Å². The normalized spacial score (nSPS) is 11.1. The molecule has 2 aromatic heterocycles. The first kappa shape index (κ1) is 12.1. The molecule has 0 amide bonds. The number of fused-ring (bicyclic) bond motifs is 1. The maximum atomic E-state index is 9.42. The summed E-state index contributed by atoms with van der Waals surface area (Å²) in [7, 11) is 1.98. The van der Waals surface area contributed by atoms with E-state index in [0.29, 0.717) is 11.3 Å². The number of rotatable bonds is 2. The summed E-state index contributed by atoms with van der Waals surface area (Å²) in [6.45, 7) is -0.115. The van der Waals surface area contributed by atoms with Gasteiger partial charge in [-0.1, -0.05) is 18.2 Å². The zero-order chi connectivity index (χ0) is 13.4. The van der Waals surface area contributed by atoms with Crippen molar-refractivity contribution in [2.75, 3.05) is 0 Å². The molecule has 5 heteroatoms. The summed E-state index contributed by atoms with van der Waals surface area (Å²) in [6.07, 6.45) is 3.55. The summed E-state index contributed by atoms with van der Waals surface area (Å²) in [6, 6.07) is 8.04. The summed E-state index contributed by atoms with van der Waals surface area (Å²) >= 11 is 5.87. The molecule has 0 fully saturated rings. The Hall–Kier alpha value is -1.91. The van der Waals surface area contributed by atoms with Crippen LogP contribution in [-0.2, 0) is 13.7 Å². The second-order valence-corrected chi connectivity index (χ2v) is 4.68. The molecule has 2 heterocycles. The topological polar surface area (TPSA) is 50.9 Å². The van der Waals surface area contributed by atoms with Crippen LogP contribution in [0.5, 0.6) is 0 Å². The molecule has 0 saturated heterocycles. The van der Waals surface area contributed by atoms with E-state index in [2.05, 4.69) is 9.97 Å². The van der Waals surface area contributed by atoms with Gasteiger partial charge in [0.05, 0.1) is 12.3 Å². The van der Waals surface area contributed by atoms with E-state index in [1.807, 2.05) is 42.1 Å². The molecular formula is C14H12ClN3O. The SMILES string of the molecule is Cn1cc(-c2nc(Cl)ncc2CO)c2ccccc21. The van der Waals surface area contributed by atoms with E-state index >= 15 is 0 Å². The number of aryl methyl sites for hydroxylation is 1. The molecule has 0 aliphatic heterocycles. The van der Waals surface area contributed by atoms with Crippen molar-refractivity contribution in [3.8, 4) is 11.3 Å². The highest BCUT2D eigenvalue weighted by atomic mass is 35.5. The molecule has 1 aromatic carbocycles. The lowest BCUT2D eigenvalue weighted by molar-refractivity contribution is 0.281. The van der Waals surface area contributed by atoms with E-state index in [4.69, 9.17) is 11.6 Å². The summed E-state index contributed by atoms with van der Waals surface area (Å²) in [4.78, 5) is 8.17. The van der Waals surface area contributed by atoms with E-state index in [0.717, 1.165) is 16.5 Å². The minimum absolute atomic E-state index is 0.115. The largest absolute Gasteiger partial charge is 0.392 e. The first-order valence-corrected chi connectivity index (χ1v) is 6.25. The van der Waals surface area contributed by atoms with Crippen LogP contribution in [0.2, 0.25) is 5.28 Å². The van der Waals surface area contributed by atoms with Gasteiger partial charge < -0.3 is 9.67 Å². The van der Waals surface area contributed by atoms with Gasteiger partial charge in [-0.05, 0) is 17.7 Å². The minimum atomic E-state index is -0.115. The van der Waals surface area contributed by atoms with Gasteiger partial charge >= 0.3 is 0 Å². The Morgan fingerprint density at radius 1 is 1.32 bits per heavy atom. The molecule has 1 N–H and O–H groups in total. The average molecular weight is 274 g/mol. The zero-order valence-corrected chi connectivity index (χ0v) is 11.1. The van der Waals surface area contributed by atoms with E-state index in [1.54, 1.807) is 6.20 Å². The third-order valence-corrected chi connectivity index (χ3v) is 3.34. The van der Waals surface area contributed by atoms with Crippen molar-refractivity contribution >= 4 is 22.5 Å². The van der Waals surface area contributed by atoms with Crippen LogP contribution < -0.4 is 0 Å². The maximum absolute atomic E-state index is 9.42. The first-order valence-electron chi connectivity index (χ1n) is 5.87. The van der Waals surface area contributed by atoms with Gasteiger partial charge in [-0.3, -0.25) is 0 Å². The van der Waals surface area contributed by atoms with Crippen molar-refractivity contribution in [2.45, 2.75) is 6.61 Å². The van der Waals surface area contributed by atoms with Crippen molar-refractivity contribution in [1.29, 1.82) is 0 Å². The number of benzene rings is 1. The van der Waals surface area contributed by atoms with Gasteiger partial charge in [0.15, 0.2) is 0 Å². The molecule has 3 aromatic rings. The van der Waals surface area contributed by atoms with E-state index in [1.165, 1.54) is 0 Å². The second kappa shape index (κ2) is 4.64. The van der Waals surface area contributed by atoms with Crippen molar-refractivity contribution in [3.05, 3.63) is 47.5 Å². The van der Waals surface area contributed by atoms with Gasteiger partial charge in [0, 0.05) is 41.5 Å². The Bertz CT molecular complexity index is 752. The van der Waals surface area contributed by atoms with Gasteiger partial charge in [0.2, 0.25) is 5.28 Å². The molecule has 96 valence electrons. The van der Waals surface area contributed by atoms with Crippen molar-refractivity contribution in [3.63, 3.8) is 0 Å². The molecule has 3 rings (SSSR count). The lowest BCUT2D eigenvalue weighted by Gasteiger charge is -2.05. The molecule has 0 atom stereocenters. The molecule has 0 spiro atoms. The highest BCUT2D eigenvalue weighted by Gasteiger charge is 2.14. The number of aliphatic hydroxyl groups is 1. The molecule has 0 aliphatic carbocycles. The van der Waals surface area contributed by atoms with Gasteiger partial charge in [-0.25, -0.2) is 9.97 Å². The third kappa shape index (κ3) is 1.99. The maximum Gasteiger partial charge on any atom is 0.222 e. The first-order chi connectivity index (χ1) is 9.20. The number of hydrogen-bond acceptors (Lipinski definition) is 3. The Kier molecular flexibility index (Phi) is 2.97. The number of aromatic nitrogens is 3. The second-order valence-electron chi connectivity index (χ2n) is 4.34. The Balaban J connectivity index is 2.33. The van der Waals surface area contributed by atoms with Gasteiger partial charge in [-0.15, -0.1) is 0 Å².